The molecule has 0 saturated carbocycles. The van der Waals surface area contributed by atoms with Crippen LogP contribution in [-0.2, 0) is 11.3 Å². The normalized spacial score (nSPS) is 18.7. The van der Waals surface area contributed by atoms with Crippen molar-refractivity contribution in [3.63, 3.8) is 0 Å². The number of carboxylic acids is 1. The number of aliphatic carboxylic acids is 1. The Hall–Kier alpha value is -3.22. The van der Waals surface area contributed by atoms with Crippen LogP contribution in [0.1, 0.15) is 66.2 Å². The molecule has 2 N–H and O–H groups in total. The van der Waals surface area contributed by atoms with E-state index in [1.807, 2.05) is 6.07 Å². The van der Waals surface area contributed by atoms with Crippen molar-refractivity contribution in [1.29, 1.82) is 0 Å². The SMILES string of the molecule is CC(C)N1CCC(NC(=O)c2cc(C(=O)N3CCCC3C(=O)O)nn2Cc2cc(-c3ccc(Cl)s3)on2)CC1. The van der Waals surface area contributed by atoms with E-state index >= 15 is 0 Å². The fraction of sp³-hybridized carbons (Fsp3) is 0.500. The van der Waals surface area contributed by atoms with E-state index < -0.39 is 17.9 Å². The fourth-order valence-corrected chi connectivity index (χ4v) is 6.15. The molecule has 0 aromatic carbocycles. The molecule has 5 rings (SSSR count). The van der Waals surface area contributed by atoms with Gasteiger partial charge in [0.05, 0.1) is 15.8 Å². The minimum Gasteiger partial charge on any atom is -0.480 e. The van der Waals surface area contributed by atoms with Crippen molar-refractivity contribution >= 4 is 40.7 Å². The first-order valence-corrected chi connectivity index (χ1v) is 14.3. The molecule has 0 bridgehead atoms. The van der Waals surface area contributed by atoms with E-state index in [1.165, 1.54) is 27.0 Å². The number of piperidine rings is 1. The van der Waals surface area contributed by atoms with Gasteiger partial charge in [0.15, 0.2) is 11.5 Å². The molecule has 2 aliphatic heterocycles. The monoisotopic (exact) mass is 574 g/mol. The second-order valence-corrected chi connectivity index (χ2v) is 11.9. The van der Waals surface area contributed by atoms with Crippen LogP contribution < -0.4 is 5.32 Å². The molecule has 1 unspecified atom stereocenters. The van der Waals surface area contributed by atoms with Crippen LogP contribution in [0.5, 0.6) is 0 Å². The minimum absolute atomic E-state index is 0.00667. The first-order chi connectivity index (χ1) is 18.7. The largest absolute Gasteiger partial charge is 0.480 e. The van der Waals surface area contributed by atoms with Crippen molar-refractivity contribution < 1.29 is 24.0 Å². The number of halogens is 1. The van der Waals surface area contributed by atoms with Crippen molar-refractivity contribution in [1.82, 2.24) is 30.1 Å². The van der Waals surface area contributed by atoms with E-state index in [1.54, 1.807) is 12.1 Å². The maximum atomic E-state index is 13.4. The van der Waals surface area contributed by atoms with Crippen molar-refractivity contribution in [3.8, 4) is 10.6 Å². The Morgan fingerprint density at radius 1 is 1.18 bits per heavy atom. The molecular formula is C26H31ClN6O5S. The van der Waals surface area contributed by atoms with Gasteiger partial charge in [-0.05, 0) is 51.7 Å². The average Bonchev–Trinajstić information content (AvgIpc) is 3.70. The van der Waals surface area contributed by atoms with Crippen molar-refractivity contribution in [2.45, 2.75) is 64.2 Å². The van der Waals surface area contributed by atoms with E-state index in [-0.39, 0.29) is 29.9 Å². The zero-order valence-electron chi connectivity index (χ0n) is 21.8. The zero-order chi connectivity index (χ0) is 27.7. The van der Waals surface area contributed by atoms with Crippen LogP contribution in [0.15, 0.2) is 28.8 Å². The maximum absolute atomic E-state index is 13.4. The Kier molecular flexibility index (Phi) is 8.06. The van der Waals surface area contributed by atoms with E-state index in [0.29, 0.717) is 41.2 Å². The lowest BCUT2D eigenvalue weighted by Crippen LogP contribution is -2.46. The predicted molar refractivity (Wildman–Crippen MR) is 145 cm³/mol. The molecule has 0 radical (unpaired) electrons. The smallest absolute Gasteiger partial charge is 0.326 e. The molecule has 3 aromatic rings. The van der Waals surface area contributed by atoms with Gasteiger partial charge in [0.25, 0.3) is 11.8 Å². The predicted octanol–water partition coefficient (Wildman–Crippen LogP) is 3.59. The molecule has 208 valence electrons. The molecule has 11 nitrogen and oxygen atoms in total. The lowest BCUT2D eigenvalue weighted by atomic mass is 10.0. The number of aromatic nitrogens is 3. The summed E-state index contributed by atoms with van der Waals surface area (Å²) in [7, 11) is 0. The number of carbonyl (C=O) groups excluding carboxylic acids is 2. The first-order valence-electron chi connectivity index (χ1n) is 13.1. The zero-order valence-corrected chi connectivity index (χ0v) is 23.4. The van der Waals surface area contributed by atoms with Crippen LogP contribution in [-0.4, -0.2) is 85.4 Å². The van der Waals surface area contributed by atoms with Crippen LogP contribution >= 0.6 is 22.9 Å². The number of hydrogen-bond acceptors (Lipinski definition) is 8. The summed E-state index contributed by atoms with van der Waals surface area (Å²) in [5.41, 5.74) is 0.747. The number of nitrogens with one attached hydrogen (secondary N) is 1. The summed E-state index contributed by atoms with van der Waals surface area (Å²) in [4.78, 5) is 42.9. The van der Waals surface area contributed by atoms with Gasteiger partial charge < -0.3 is 24.7 Å². The van der Waals surface area contributed by atoms with Gasteiger partial charge in [0.1, 0.15) is 17.4 Å². The number of likely N-dealkylation sites (tertiary alicyclic amines) is 2. The number of hydrogen-bond donors (Lipinski definition) is 2. The van der Waals surface area contributed by atoms with Crippen molar-refractivity contribution in [3.05, 3.63) is 45.7 Å². The Bertz CT molecular complexity index is 1360. The number of thiophene rings is 1. The lowest BCUT2D eigenvalue weighted by molar-refractivity contribution is -0.141. The van der Waals surface area contributed by atoms with Gasteiger partial charge in [-0.1, -0.05) is 16.8 Å². The third-order valence-corrected chi connectivity index (χ3v) is 8.56. The molecule has 0 spiro atoms. The summed E-state index contributed by atoms with van der Waals surface area (Å²) in [6, 6.07) is 6.35. The summed E-state index contributed by atoms with van der Waals surface area (Å²) in [5.74, 6) is -1.36. The Morgan fingerprint density at radius 3 is 2.62 bits per heavy atom. The first kappa shape index (κ1) is 27.4. The molecule has 5 heterocycles. The number of nitrogens with zero attached hydrogens (tertiary/aromatic N) is 5. The van der Waals surface area contributed by atoms with Gasteiger partial charge in [0, 0.05) is 43.9 Å². The summed E-state index contributed by atoms with van der Waals surface area (Å²) in [6.07, 6.45) is 2.64. The highest BCUT2D eigenvalue weighted by Crippen LogP contribution is 2.31. The number of carbonyl (C=O) groups is 3. The van der Waals surface area contributed by atoms with E-state index in [4.69, 9.17) is 16.1 Å². The highest BCUT2D eigenvalue weighted by Gasteiger charge is 2.36. The third kappa shape index (κ3) is 6.02. The average molecular weight is 575 g/mol. The highest BCUT2D eigenvalue weighted by molar-refractivity contribution is 7.19. The van der Waals surface area contributed by atoms with Crippen molar-refractivity contribution in [2.75, 3.05) is 19.6 Å². The van der Waals surface area contributed by atoms with Gasteiger partial charge in [-0.15, -0.1) is 11.3 Å². The van der Waals surface area contributed by atoms with Gasteiger partial charge in [-0.3, -0.25) is 14.3 Å². The van der Waals surface area contributed by atoms with Crippen LogP contribution in [0, 0.1) is 0 Å². The van der Waals surface area contributed by atoms with Gasteiger partial charge in [-0.25, -0.2) is 4.79 Å². The van der Waals surface area contributed by atoms with E-state index in [2.05, 4.69) is 34.3 Å². The van der Waals surface area contributed by atoms with E-state index in [9.17, 15) is 19.5 Å². The number of amides is 2. The summed E-state index contributed by atoms with van der Waals surface area (Å²) >= 11 is 7.40. The molecule has 2 fully saturated rings. The highest BCUT2D eigenvalue weighted by atomic mass is 35.5. The molecule has 1 atom stereocenters. The number of rotatable bonds is 8. The molecular weight excluding hydrogens is 544 g/mol. The van der Waals surface area contributed by atoms with Gasteiger partial charge >= 0.3 is 5.97 Å². The van der Waals surface area contributed by atoms with E-state index in [0.717, 1.165) is 30.8 Å². The number of carboxylic acid groups (broad SMARTS) is 1. The molecule has 39 heavy (non-hydrogen) atoms. The van der Waals surface area contributed by atoms with Gasteiger partial charge in [-0.2, -0.15) is 5.10 Å². The molecule has 13 heteroatoms. The van der Waals surface area contributed by atoms with Crippen molar-refractivity contribution in [2.24, 2.45) is 0 Å². The van der Waals surface area contributed by atoms with Crippen LogP contribution in [0.3, 0.4) is 0 Å². The molecule has 2 amide bonds. The second kappa shape index (κ2) is 11.5. The fourth-order valence-electron chi connectivity index (χ4n) is 5.16. The van der Waals surface area contributed by atoms with Crippen LogP contribution in [0.4, 0.5) is 0 Å². The summed E-state index contributed by atoms with van der Waals surface area (Å²) in [6.45, 7) is 6.53. The summed E-state index contributed by atoms with van der Waals surface area (Å²) < 4.78 is 7.53. The van der Waals surface area contributed by atoms with Crippen LogP contribution in [0.2, 0.25) is 4.34 Å². The molecule has 2 aliphatic rings. The quantitative estimate of drug-likeness (QED) is 0.417. The lowest BCUT2D eigenvalue weighted by Gasteiger charge is -2.34. The van der Waals surface area contributed by atoms with Crippen LogP contribution in [0.25, 0.3) is 10.6 Å². The van der Waals surface area contributed by atoms with Gasteiger partial charge in [0.2, 0.25) is 0 Å². The Labute approximate surface area is 234 Å². The standard InChI is InChI=1S/C26H31ClN6O5S/c1-15(2)31-10-7-16(8-11-31)28-24(34)20-13-18(25(35)32-9-3-4-19(32)26(36)37)29-33(20)14-17-12-21(38-30-17)22-5-6-23(27)39-22/h5-6,12-13,15-16,19H,3-4,7-11,14H2,1-2H3,(H,28,34)(H,36,37). The molecule has 3 aromatic heterocycles. The molecule has 0 aliphatic carbocycles. The second-order valence-electron chi connectivity index (χ2n) is 10.2. The Morgan fingerprint density at radius 2 is 1.95 bits per heavy atom. The topological polar surface area (TPSA) is 134 Å². The molecule has 2 saturated heterocycles. The Balaban J connectivity index is 1.38. The maximum Gasteiger partial charge on any atom is 0.326 e. The third-order valence-electron chi connectivity index (χ3n) is 7.31. The minimum atomic E-state index is -1.05. The summed E-state index contributed by atoms with van der Waals surface area (Å²) in [5, 5.41) is 21.2.